The molecule has 0 aromatic carbocycles. The Kier molecular flexibility index (Phi) is 3.27. The summed E-state index contributed by atoms with van der Waals surface area (Å²) >= 11 is 11.0. The Hall–Kier alpha value is 0.770. The van der Waals surface area contributed by atoms with Gasteiger partial charge in [0, 0.05) is 13.1 Å². The summed E-state index contributed by atoms with van der Waals surface area (Å²) in [6.07, 6.45) is 2.09. The lowest BCUT2D eigenvalue weighted by Gasteiger charge is -2.29. The Balaban J connectivity index is 2.46. The fourth-order valence-electron chi connectivity index (χ4n) is 1.23. The van der Waals surface area contributed by atoms with Gasteiger partial charge in [-0.2, -0.15) is 0 Å². The van der Waals surface area contributed by atoms with Crippen LogP contribution in [0.25, 0.3) is 0 Å². The van der Waals surface area contributed by atoms with Gasteiger partial charge < -0.3 is 0 Å². The quantitative estimate of drug-likeness (QED) is 0.626. The van der Waals surface area contributed by atoms with Crippen molar-refractivity contribution in [2.75, 3.05) is 13.1 Å². The van der Waals surface area contributed by atoms with E-state index in [1.54, 1.807) is 4.67 Å². The van der Waals surface area contributed by atoms with Gasteiger partial charge >= 0.3 is 6.00 Å². The van der Waals surface area contributed by atoms with Crippen molar-refractivity contribution >= 4 is 28.5 Å². The molecule has 1 rings (SSSR count). The smallest absolute Gasteiger partial charge is 0.271 e. The largest absolute Gasteiger partial charge is 0.322 e. The van der Waals surface area contributed by atoms with Crippen molar-refractivity contribution in [3.05, 3.63) is 0 Å². The number of nitrogens with zero attached hydrogens (tertiary/aromatic N) is 1. The van der Waals surface area contributed by atoms with Crippen LogP contribution in [0.15, 0.2) is 0 Å². The van der Waals surface area contributed by atoms with Crippen molar-refractivity contribution < 1.29 is 4.57 Å². The normalized spacial score (nSPS) is 23.9. The average molecular weight is 216 g/mol. The van der Waals surface area contributed by atoms with Crippen molar-refractivity contribution in [2.24, 2.45) is 5.92 Å². The summed E-state index contributed by atoms with van der Waals surface area (Å²) in [6.45, 7) is 3.72. The number of halogens is 2. The van der Waals surface area contributed by atoms with Gasteiger partial charge in [0.2, 0.25) is 0 Å². The number of piperidine rings is 1. The van der Waals surface area contributed by atoms with Gasteiger partial charge in [0.25, 0.3) is 0 Å². The van der Waals surface area contributed by atoms with Gasteiger partial charge in [-0.1, -0.05) is 6.92 Å². The summed E-state index contributed by atoms with van der Waals surface area (Å²) in [5.74, 6) is -2.28. The molecule has 1 saturated heterocycles. The fourth-order valence-corrected chi connectivity index (χ4v) is 2.83. The van der Waals surface area contributed by atoms with Gasteiger partial charge in [-0.3, -0.25) is 4.57 Å². The Morgan fingerprint density at radius 2 is 1.82 bits per heavy atom. The summed E-state index contributed by atoms with van der Waals surface area (Å²) in [5.41, 5.74) is 0. The van der Waals surface area contributed by atoms with Crippen molar-refractivity contribution in [2.45, 2.75) is 19.8 Å². The first-order valence-corrected chi connectivity index (χ1v) is 7.22. The van der Waals surface area contributed by atoms with Gasteiger partial charge in [0.15, 0.2) is 0 Å². The predicted octanol–water partition coefficient (Wildman–Crippen LogP) is 3.30. The van der Waals surface area contributed by atoms with E-state index in [1.165, 1.54) is 0 Å². The van der Waals surface area contributed by atoms with Crippen LogP contribution < -0.4 is 0 Å². The van der Waals surface area contributed by atoms with Gasteiger partial charge in [0.05, 0.1) is 0 Å². The van der Waals surface area contributed by atoms with E-state index in [9.17, 15) is 4.57 Å². The average Bonchev–Trinajstić information content (AvgIpc) is 1.86. The molecule has 0 unspecified atom stereocenters. The molecule has 1 heterocycles. The summed E-state index contributed by atoms with van der Waals surface area (Å²) in [4.78, 5) is 0. The molecule has 2 nitrogen and oxygen atoms in total. The SMILES string of the molecule is CC1CCN(P(=O)(Cl)Cl)CC1. The number of hydrogen-bond acceptors (Lipinski definition) is 1. The second kappa shape index (κ2) is 3.66. The van der Waals surface area contributed by atoms with E-state index in [0.717, 1.165) is 25.9 Å². The van der Waals surface area contributed by atoms with Crippen LogP contribution in [0.4, 0.5) is 0 Å². The maximum atomic E-state index is 11.1. The van der Waals surface area contributed by atoms with Crippen LogP contribution in [0.2, 0.25) is 0 Å². The molecule has 0 aromatic rings. The lowest BCUT2D eigenvalue weighted by molar-refractivity contribution is 0.294. The molecule has 0 bridgehead atoms. The molecule has 66 valence electrons. The van der Waals surface area contributed by atoms with E-state index in [1.807, 2.05) is 0 Å². The summed E-state index contributed by atoms with van der Waals surface area (Å²) in [5, 5.41) is 0. The van der Waals surface area contributed by atoms with E-state index in [0.29, 0.717) is 5.92 Å². The predicted molar refractivity (Wildman–Crippen MR) is 49.3 cm³/mol. The minimum atomic E-state index is -2.99. The van der Waals surface area contributed by atoms with Crippen LogP contribution >= 0.6 is 28.5 Å². The minimum Gasteiger partial charge on any atom is -0.271 e. The Morgan fingerprint density at radius 1 is 1.36 bits per heavy atom. The molecule has 0 radical (unpaired) electrons. The molecular weight excluding hydrogens is 204 g/mol. The van der Waals surface area contributed by atoms with Crippen LogP contribution in [-0.4, -0.2) is 17.8 Å². The molecule has 0 N–H and O–H groups in total. The Bertz CT molecular complexity index is 173. The molecule has 0 aromatic heterocycles. The summed E-state index contributed by atoms with van der Waals surface area (Å²) < 4.78 is 12.8. The minimum absolute atomic E-state index is 0.714. The molecule has 0 atom stereocenters. The molecule has 0 amide bonds. The Morgan fingerprint density at radius 3 is 2.18 bits per heavy atom. The van der Waals surface area contributed by atoms with E-state index in [4.69, 9.17) is 22.5 Å². The van der Waals surface area contributed by atoms with Crippen LogP contribution in [0.3, 0.4) is 0 Å². The van der Waals surface area contributed by atoms with Crippen LogP contribution in [-0.2, 0) is 4.57 Å². The fraction of sp³-hybridized carbons (Fsp3) is 1.00. The molecule has 0 spiro atoms. The zero-order chi connectivity index (χ0) is 8.48. The zero-order valence-electron chi connectivity index (χ0n) is 6.46. The molecule has 1 aliphatic rings. The first-order valence-electron chi connectivity index (χ1n) is 3.75. The maximum absolute atomic E-state index is 11.1. The van der Waals surface area contributed by atoms with Crippen molar-refractivity contribution in [3.8, 4) is 0 Å². The second-order valence-corrected chi connectivity index (χ2v) is 7.77. The molecular formula is C6H12Cl2NOP. The van der Waals surface area contributed by atoms with Crippen LogP contribution in [0.1, 0.15) is 19.8 Å². The van der Waals surface area contributed by atoms with Crippen molar-refractivity contribution in [3.63, 3.8) is 0 Å². The summed E-state index contributed by atoms with van der Waals surface area (Å²) in [7, 11) is 0. The van der Waals surface area contributed by atoms with Gasteiger partial charge in [-0.05, 0) is 41.2 Å². The molecule has 1 fully saturated rings. The monoisotopic (exact) mass is 215 g/mol. The maximum Gasteiger partial charge on any atom is 0.322 e. The van der Waals surface area contributed by atoms with Gasteiger partial charge in [0.1, 0.15) is 0 Å². The number of rotatable bonds is 1. The van der Waals surface area contributed by atoms with Crippen LogP contribution in [0.5, 0.6) is 0 Å². The highest BCUT2D eigenvalue weighted by Gasteiger charge is 2.28. The molecule has 5 heteroatoms. The third-order valence-electron chi connectivity index (χ3n) is 2.09. The van der Waals surface area contributed by atoms with E-state index < -0.39 is 6.00 Å². The van der Waals surface area contributed by atoms with Crippen LogP contribution in [0, 0.1) is 5.92 Å². The number of hydrogen-bond donors (Lipinski definition) is 0. The van der Waals surface area contributed by atoms with Gasteiger partial charge in [-0.15, -0.1) is 0 Å². The third-order valence-corrected chi connectivity index (χ3v) is 4.43. The van der Waals surface area contributed by atoms with Crippen molar-refractivity contribution in [1.82, 2.24) is 4.67 Å². The third kappa shape index (κ3) is 2.95. The first-order chi connectivity index (χ1) is 5.00. The first kappa shape index (κ1) is 9.85. The molecule has 0 saturated carbocycles. The lowest BCUT2D eigenvalue weighted by Crippen LogP contribution is -2.27. The highest BCUT2D eigenvalue weighted by atomic mass is 35.9. The zero-order valence-corrected chi connectivity index (χ0v) is 8.87. The highest BCUT2D eigenvalue weighted by Crippen LogP contribution is 2.60. The van der Waals surface area contributed by atoms with E-state index in [2.05, 4.69) is 6.92 Å². The topological polar surface area (TPSA) is 20.3 Å². The summed E-state index contributed by atoms with van der Waals surface area (Å²) in [6, 6.07) is 0. The molecule has 0 aliphatic carbocycles. The van der Waals surface area contributed by atoms with Gasteiger partial charge in [-0.25, -0.2) is 4.67 Å². The van der Waals surface area contributed by atoms with E-state index in [-0.39, 0.29) is 0 Å². The standard InChI is InChI=1S/C6H12Cl2NOP/c1-6-2-4-9(5-3-6)11(7,8)10/h6H,2-5H2,1H3. The van der Waals surface area contributed by atoms with E-state index >= 15 is 0 Å². The second-order valence-electron chi connectivity index (χ2n) is 3.07. The lowest BCUT2D eigenvalue weighted by atomic mass is 10.0. The molecule has 11 heavy (non-hydrogen) atoms. The van der Waals surface area contributed by atoms with Crippen molar-refractivity contribution in [1.29, 1.82) is 0 Å². The Labute approximate surface area is 76.9 Å². The molecule has 1 aliphatic heterocycles. The highest BCUT2D eigenvalue weighted by molar-refractivity contribution is 8.06.